The predicted octanol–water partition coefficient (Wildman–Crippen LogP) is 4.05. The number of amides is 1. The minimum atomic E-state index is -0.613. The van der Waals surface area contributed by atoms with Crippen molar-refractivity contribution in [2.45, 2.75) is 13.8 Å². The highest BCUT2D eigenvalue weighted by Gasteiger charge is 2.27. The van der Waals surface area contributed by atoms with E-state index in [1.165, 1.54) is 7.11 Å². The van der Waals surface area contributed by atoms with Crippen LogP contribution in [0.2, 0.25) is 0 Å². The number of esters is 2. The lowest BCUT2D eigenvalue weighted by atomic mass is 10.1. The number of carbonyl (C=O) groups excluding carboxylic acids is 3. The second-order valence-corrected chi connectivity index (χ2v) is 7.51. The normalized spacial score (nSPS) is 10.4. The monoisotopic (exact) mass is 469 g/mol. The SMILES string of the molecule is CCOC(=O)c1c(NC(=O)c2ccc(Br)cc2)sc(C(=O)OCCOC)c1C. The summed E-state index contributed by atoms with van der Waals surface area (Å²) in [6.45, 7) is 3.81. The molecule has 2 rings (SSSR count). The molecule has 0 aliphatic heterocycles. The minimum absolute atomic E-state index is 0.0853. The van der Waals surface area contributed by atoms with Crippen LogP contribution in [0.5, 0.6) is 0 Å². The molecule has 0 bridgehead atoms. The number of halogens is 1. The molecule has 0 atom stereocenters. The minimum Gasteiger partial charge on any atom is -0.462 e. The number of hydrogen-bond donors (Lipinski definition) is 1. The van der Waals surface area contributed by atoms with Crippen LogP contribution in [0.1, 0.15) is 42.9 Å². The molecule has 0 spiro atoms. The van der Waals surface area contributed by atoms with Gasteiger partial charge in [-0.3, -0.25) is 4.79 Å². The topological polar surface area (TPSA) is 90.9 Å². The number of rotatable bonds is 8. The lowest BCUT2D eigenvalue weighted by molar-refractivity contribution is 0.0392. The Kier molecular flexibility index (Phi) is 8.16. The molecule has 1 aromatic heterocycles. The number of nitrogens with one attached hydrogen (secondary N) is 1. The van der Waals surface area contributed by atoms with Crippen LogP contribution >= 0.6 is 27.3 Å². The first-order valence-electron chi connectivity index (χ1n) is 8.42. The van der Waals surface area contributed by atoms with Crippen LogP contribution < -0.4 is 5.32 Å². The Hall–Kier alpha value is -2.23. The van der Waals surface area contributed by atoms with Gasteiger partial charge in [0, 0.05) is 17.1 Å². The molecule has 28 heavy (non-hydrogen) atoms. The summed E-state index contributed by atoms with van der Waals surface area (Å²) in [4.78, 5) is 37.5. The Bertz CT molecular complexity index is 862. The second kappa shape index (κ2) is 10.4. The zero-order valence-corrected chi connectivity index (χ0v) is 18.1. The number of anilines is 1. The van der Waals surface area contributed by atoms with Crippen molar-refractivity contribution in [3.8, 4) is 0 Å². The van der Waals surface area contributed by atoms with E-state index in [2.05, 4.69) is 21.2 Å². The van der Waals surface area contributed by atoms with Gasteiger partial charge in [0.1, 0.15) is 16.5 Å². The van der Waals surface area contributed by atoms with Gasteiger partial charge >= 0.3 is 11.9 Å². The third-order valence-corrected chi connectivity index (χ3v) is 5.38. The van der Waals surface area contributed by atoms with Gasteiger partial charge in [-0.1, -0.05) is 15.9 Å². The first kappa shape index (κ1) is 22.1. The largest absolute Gasteiger partial charge is 0.462 e. The zero-order chi connectivity index (χ0) is 20.7. The van der Waals surface area contributed by atoms with Gasteiger partial charge in [-0.15, -0.1) is 11.3 Å². The molecule has 0 saturated heterocycles. The van der Waals surface area contributed by atoms with Crippen LogP contribution in [0.4, 0.5) is 5.00 Å². The molecule has 1 heterocycles. The average Bonchev–Trinajstić information content (AvgIpc) is 2.98. The van der Waals surface area contributed by atoms with E-state index in [1.807, 2.05) is 0 Å². The molecule has 0 saturated carbocycles. The summed E-state index contributed by atoms with van der Waals surface area (Å²) in [6, 6.07) is 6.76. The molecule has 0 fully saturated rings. The van der Waals surface area contributed by atoms with Gasteiger partial charge in [0.2, 0.25) is 0 Å². The number of carbonyl (C=O) groups is 3. The van der Waals surface area contributed by atoms with E-state index in [0.717, 1.165) is 15.8 Å². The fourth-order valence-electron chi connectivity index (χ4n) is 2.31. The van der Waals surface area contributed by atoms with Gasteiger partial charge in [0.05, 0.1) is 18.8 Å². The summed E-state index contributed by atoms with van der Waals surface area (Å²) in [6.07, 6.45) is 0. The van der Waals surface area contributed by atoms with Gasteiger partial charge in [-0.25, -0.2) is 9.59 Å². The van der Waals surface area contributed by atoms with Crippen molar-refractivity contribution >= 4 is 50.1 Å². The van der Waals surface area contributed by atoms with Gasteiger partial charge in [0.15, 0.2) is 0 Å². The number of methoxy groups -OCH3 is 1. The maximum absolute atomic E-state index is 12.6. The maximum atomic E-state index is 12.6. The molecule has 0 radical (unpaired) electrons. The summed E-state index contributed by atoms with van der Waals surface area (Å²) in [7, 11) is 1.50. The summed E-state index contributed by atoms with van der Waals surface area (Å²) < 4.78 is 15.9. The Balaban J connectivity index is 2.33. The van der Waals surface area contributed by atoms with Crippen molar-refractivity contribution in [2.75, 3.05) is 32.2 Å². The van der Waals surface area contributed by atoms with E-state index < -0.39 is 17.8 Å². The van der Waals surface area contributed by atoms with Crippen molar-refractivity contribution in [1.82, 2.24) is 0 Å². The fraction of sp³-hybridized carbons (Fsp3) is 0.316. The number of thiophene rings is 1. The molecule has 1 amide bonds. The molecule has 9 heteroatoms. The van der Waals surface area contributed by atoms with Crippen LogP contribution in [0, 0.1) is 6.92 Å². The van der Waals surface area contributed by atoms with Crippen LogP contribution in [0.3, 0.4) is 0 Å². The van der Waals surface area contributed by atoms with Crippen molar-refractivity contribution in [2.24, 2.45) is 0 Å². The Labute approximate surface area is 175 Å². The van der Waals surface area contributed by atoms with E-state index in [9.17, 15) is 14.4 Å². The highest BCUT2D eigenvalue weighted by Crippen LogP contribution is 2.34. The maximum Gasteiger partial charge on any atom is 0.348 e. The third-order valence-electron chi connectivity index (χ3n) is 3.67. The molecule has 0 aliphatic carbocycles. The molecular formula is C19H20BrNO6S. The third kappa shape index (κ3) is 5.40. The van der Waals surface area contributed by atoms with E-state index >= 15 is 0 Å². The highest BCUT2D eigenvalue weighted by molar-refractivity contribution is 9.10. The lowest BCUT2D eigenvalue weighted by Gasteiger charge is -2.07. The molecule has 1 aromatic carbocycles. The van der Waals surface area contributed by atoms with Crippen molar-refractivity contribution in [3.63, 3.8) is 0 Å². The standard InChI is InChI=1S/C19H20BrNO6S/c1-4-26-18(23)14-11(2)15(19(24)27-10-9-25-3)28-17(14)21-16(22)12-5-7-13(20)8-6-12/h5-8H,4,9-10H2,1-3H3,(H,21,22). The number of benzene rings is 1. The van der Waals surface area contributed by atoms with Gasteiger partial charge in [-0.2, -0.15) is 0 Å². The Morgan fingerprint density at radius 1 is 1.07 bits per heavy atom. The number of ether oxygens (including phenoxy) is 3. The lowest BCUT2D eigenvalue weighted by Crippen LogP contribution is -2.15. The Morgan fingerprint density at radius 2 is 1.75 bits per heavy atom. The van der Waals surface area contributed by atoms with Crippen LogP contribution in [0.15, 0.2) is 28.7 Å². The predicted molar refractivity (Wildman–Crippen MR) is 109 cm³/mol. The molecule has 1 N–H and O–H groups in total. The fourth-order valence-corrected chi connectivity index (χ4v) is 3.65. The van der Waals surface area contributed by atoms with Crippen LogP contribution in [-0.2, 0) is 14.2 Å². The summed E-state index contributed by atoms with van der Waals surface area (Å²) >= 11 is 4.29. The zero-order valence-electron chi connectivity index (χ0n) is 15.7. The van der Waals surface area contributed by atoms with Gasteiger partial charge in [-0.05, 0) is 43.7 Å². The van der Waals surface area contributed by atoms with Gasteiger partial charge in [0.25, 0.3) is 5.91 Å². The number of hydrogen-bond acceptors (Lipinski definition) is 7. The average molecular weight is 470 g/mol. The molecule has 0 unspecified atom stereocenters. The van der Waals surface area contributed by atoms with E-state index in [0.29, 0.717) is 11.1 Å². The van der Waals surface area contributed by atoms with Gasteiger partial charge < -0.3 is 19.5 Å². The van der Waals surface area contributed by atoms with E-state index in [1.54, 1.807) is 38.1 Å². The molecular weight excluding hydrogens is 450 g/mol. The van der Waals surface area contributed by atoms with Crippen molar-refractivity contribution in [1.29, 1.82) is 0 Å². The molecule has 7 nitrogen and oxygen atoms in total. The first-order valence-corrected chi connectivity index (χ1v) is 10.0. The van der Waals surface area contributed by atoms with Crippen LogP contribution in [0.25, 0.3) is 0 Å². The summed E-state index contributed by atoms with van der Waals surface area (Å²) in [5.74, 6) is -1.61. The van der Waals surface area contributed by atoms with Crippen molar-refractivity contribution in [3.05, 3.63) is 50.3 Å². The molecule has 2 aromatic rings. The van der Waals surface area contributed by atoms with Crippen molar-refractivity contribution < 1.29 is 28.6 Å². The molecule has 150 valence electrons. The second-order valence-electron chi connectivity index (χ2n) is 5.57. The quantitative estimate of drug-likeness (QED) is 0.463. The molecule has 0 aliphatic rings. The van der Waals surface area contributed by atoms with Crippen LogP contribution in [-0.4, -0.2) is 44.8 Å². The first-order chi connectivity index (χ1) is 13.4. The Morgan fingerprint density at radius 3 is 2.36 bits per heavy atom. The highest BCUT2D eigenvalue weighted by atomic mass is 79.9. The summed E-state index contributed by atoms with van der Waals surface area (Å²) in [5, 5.41) is 2.94. The van der Waals surface area contributed by atoms with E-state index in [-0.39, 0.29) is 35.3 Å². The smallest absolute Gasteiger partial charge is 0.348 e. The van der Waals surface area contributed by atoms with E-state index in [4.69, 9.17) is 14.2 Å². The summed E-state index contributed by atoms with van der Waals surface area (Å²) in [5.41, 5.74) is 0.959.